The van der Waals surface area contributed by atoms with Gasteiger partial charge in [0.1, 0.15) is 5.69 Å². The molecule has 2 heterocycles. The molecule has 1 amide bonds. The van der Waals surface area contributed by atoms with Crippen molar-refractivity contribution in [3.63, 3.8) is 0 Å². The van der Waals surface area contributed by atoms with E-state index < -0.39 is 13.7 Å². The van der Waals surface area contributed by atoms with Crippen LogP contribution in [0.5, 0.6) is 0 Å². The fourth-order valence-corrected chi connectivity index (χ4v) is 2.37. The molecule has 2 aromatic heterocycles. The molecule has 0 saturated carbocycles. The molecule has 10 heteroatoms. The van der Waals surface area contributed by atoms with E-state index in [0.29, 0.717) is 11.3 Å². The van der Waals surface area contributed by atoms with Gasteiger partial charge in [0.05, 0.1) is 6.61 Å². The molecule has 20 heavy (non-hydrogen) atoms. The van der Waals surface area contributed by atoms with Gasteiger partial charge in [-0.05, 0) is 6.92 Å². The number of fused-ring (bicyclic) bond motifs is 1. The van der Waals surface area contributed by atoms with E-state index in [1.165, 1.54) is 16.8 Å². The second-order valence-electron chi connectivity index (χ2n) is 3.93. The summed E-state index contributed by atoms with van der Waals surface area (Å²) in [5, 5.41) is 2.39. The van der Waals surface area contributed by atoms with Crippen LogP contribution in [-0.4, -0.2) is 31.8 Å². The van der Waals surface area contributed by atoms with Crippen LogP contribution in [0.3, 0.4) is 0 Å². The molecule has 0 bridgehead atoms. The molecule has 4 N–H and O–H groups in total. The summed E-state index contributed by atoms with van der Waals surface area (Å²) in [6.45, 7) is 1.83. The van der Waals surface area contributed by atoms with E-state index >= 15 is 0 Å². The number of carbonyl (C=O) groups excluding carboxylic acids is 1. The molecule has 0 aliphatic rings. The number of nitrogens with zero attached hydrogens (tertiary/aromatic N) is 3. The van der Waals surface area contributed by atoms with Crippen molar-refractivity contribution < 1.29 is 18.8 Å². The molecule has 0 aliphatic carbocycles. The fourth-order valence-electron chi connectivity index (χ4n) is 1.55. The molecule has 0 aliphatic heterocycles. The minimum atomic E-state index is -3.81. The number of nitrogens with two attached hydrogens (primary N) is 1. The van der Waals surface area contributed by atoms with E-state index in [1.54, 1.807) is 13.1 Å². The third-order valence-corrected chi connectivity index (χ3v) is 3.57. The highest BCUT2D eigenvalue weighted by atomic mass is 31.2. The Labute approximate surface area is 114 Å². The molecule has 0 radical (unpaired) electrons. The minimum Gasteiger partial charge on any atom is -0.364 e. The van der Waals surface area contributed by atoms with Crippen LogP contribution >= 0.6 is 7.75 Å². The summed E-state index contributed by atoms with van der Waals surface area (Å²) in [6.07, 6.45) is 4.54. The Hall–Kier alpha value is -1.80. The van der Waals surface area contributed by atoms with Gasteiger partial charge in [-0.25, -0.2) is 19.6 Å². The first-order chi connectivity index (χ1) is 9.41. The maximum atomic E-state index is 11.5. The zero-order valence-electron chi connectivity index (χ0n) is 10.7. The van der Waals surface area contributed by atoms with Crippen molar-refractivity contribution >= 4 is 19.4 Å². The van der Waals surface area contributed by atoms with Gasteiger partial charge in [-0.1, -0.05) is 0 Å². The molecule has 1 atom stereocenters. The maximum Gasteiger partial charge on any atom is 0.403 e. The molecule has 2 rings (SSSR count). The Morgan fingerprint density at radius 2 is 2.35 bits per heavy atom. The van der Waals surface area contributed by atoms with E-state index in [1.807, 2.05) is 0 Å². The molecular weight excluding hydrogens is 285 g/mol. The monoisotopic (exact) mass is 299 g/mol. The normalized spacial score (nSPS) is 14.3. The van der Waals surface area contributed by atoms with Crippen molar-refractivity contribution in [2.75, 3.05) is 6.61 Å². The predicted octanol–water partition coefficient (Wildman–Crippen LogP) is 0.0547. The van der Waals surface area contributed by atoms with Crippen LogP contribution in [0, 0.1) is 0 Å². The largest absolute Gasteiger partial charge is 0.403 e. The zero-order valence-corrected chi connectivity index (χ0v) is 11.6. The smallest absolute Gasteiger partial charge is 0.364 e. The predicted molar refractivity (Wildman–Crippen MR) is 69.8 cm³/mol. The quantitative estimate of drug-likeness (QED) is 0.642. The highest BCUT2D eigenvalue weighted by molar-refractivity contribution is 7.50. The Morgan fingerprint density at radius 1 is 1.60 bits per heavy atom. The van der Waals surface area contributed by atoms with Crippen LogP contribution in [0.4, 0.5) is 0 Å². The van der Waals surface area contributed by atoms with Crippen molar-refractivity contribution in [3.05, 3.63) is 29.8 Å². The van der Waals surface area contributed by atoms with E-state index in [-0.39, 0.29) is 18.8 Å². The van der Waals surface area contributed by atoms with Crippen molar-refractivity contribution in [2.24, 2.45) is 5.73 Å². The van der Waals surface area contributed by atoms with E-state index in [9.17, 15) is 14.3 Å². The summed E-state index contributed by atoms with van der Waals surface area (Å²) in [4.78, 5) is 28.3. The Kier molecular flexibility index (Phi) is 4.15. The van der Waals surface area contributed by atoms with Crippen LogP contribution < -0.4 is 10.8 Å². The minimum absolute atomic E-state index is 0.0841. The standard InChI is InChI=1S/C10H14N5O4P/c1-2-19-20(17,18)13-4-7-3-12-10-14-8(9(11)16)6-15(10)5-7/h3,5-6H,2,4H2,1H3,(H2,11,16)(H2,13,17,18). The average Bonchev–Trinajstić information content (AvgIpc) is 2.79. The van der Waals surface area contributed by atoms with Gasteiger partial charge in [0, 0.05) is 30.7 Å². The van der Waals surface area contributed by atoms with E-state index in [4.69, 9.17) is 5.73 Å². The lowest BCUT2D eigenvalue weighted by atomic mass is 10.3. The molecule has 108 valence electrons. The van der Waals surface area contributed by atoms with Gasteiger partial charge in [0.25, 0.3) is 5.91 Å². The summed E-state index contributed by atoms with van der Waals surface area (Å²) in [5.74, 6) is -0.328. The molecule has 1 unspecified atom stereocenters. The first-order valence-corrected chi connectivity index (χ1v) is 7.35. The summed E-state index contributed by atoms with van der Waals surface area (Å²) >= 11 is 0. The first-order valence-electron chi connectivity index (χ1n) is 5.77. The molecule has 0 saturated heterocycles. The zero-order chi connectivity index (χ0) is 14.8. The number of amides is 1. The number of imidazole rings is 1. The van der Waals surface area contributed by atoms with Crippen molar-refractivity contribution in [2.45, 2.75) is 13.5 Å². The van der Waals surface area contributed by atoms with Gasteiger partial charge in [-0.2, -0.15) is 0 Å². The third kappa shape index (κ3) is 3.40. The van der Waals surface area contributed by atoms with E-state index in [2.05, 4.69) is 19.6 Å². The number of hydrogen-bond acceptors (Lipinski definition) is 5. The molecule has 2 aromatic rings. The van der Waals surface area contributed by atoms with Crippen molar-refractivity contribution in [1.29, 1.82) is 0 Å². The van der Waals surface area contributed by atoms with Crippen LogP contribution in [0.1, 0.15) is 23.0 Å². The Bertz CT molecular complexity index is 685. The lowest BCUT2D eigenvalue weighted by Crippen LogP contribution is -2.12. The SMILES string of the molecule is CCOP(=O)(O)NCc1cnc2nc(C(N)=O)cn2c1. The third-order valence-electron chi connectivity index (χ3n) is 2.40. The average molecular weight is 299 g/mol. The lowest BCUT2D eigenvalue weighted by molar-refractivity contribution is 0.0996. The summed E-state index contributed by atoms with van der Waals surface area (Å²) in [5.41, 5.74) is 5.85. The molecule has 9 nitrogen and oxygen atoms in total. The molecule has 0 aromatic carbocycles. The topological polar surface area (TPSA) is 132 Å². The first kappa shape index (κ1) is 14.6. The molecule has 0 spiro atoms. The van der Waals surface area contributed by atoms with Gasteiger partial charge in [0.15, 0.2) is 0 Å². The summed E-state index contributed by atoms with van der Waals surface area (Å²) in [6, 6.07) is 0. The molecule has 0 fully saturated rings. The van der Waals surface area contributed by atoms with E-state index in [0.717, 1.165) is 0 Å². The number of hydrogen-bond donors (Lipinski definition) is 3. The van der Waals surface area contributed by atoms with Crippen LogP contribution in [0.25, 0.3) is 5.78 Å². The maximum absolute atomic E-state index is 11.5. The van der Waals surface area contributed by atoms with Crippen molar-refractivity contribution in [1.82, 2.24) is 19.5 Å². The molecular formula is C10H14N5O4P. The lowest BCUT2D eigenvalue weighted by Gasteiger charge is -2.11. The van der Waals surface area contributed by atoms with Gasteiger partial charge in [-0.3, -0.25) is 13.7 Å². The van der Waals surface area contributed by atoms with Crippen LogP contribution in [0.15, 0.2) is 18.6 Å². The van der Waals surface area contributed by atoms with Crippen LogP contribution in [0.2, 0.25) is 0 Å². The summed E-state index contributed by atoms with van der Waals surface area (Å²) < 4.78 is 17.7. The number of aromatic nitrogens is 3. The van der Waals surface area contributed by atoms with Crippen LogP contribution in [-0.2, 0) is 15.6 Å². The second-order valence-corrected chi connectivity index (χ2v) is 5.55. The number of carbonyl (C=O) groups is 1. The fraction of sp³-hybridized carbons (Fsp3) is 0.300. The van der Waals surface area contributed by atoms with Crippen molar-refractivity contribution in [3.8, 4) is 0 Å². The number of rotatable bonds is 6. The van der Waals surface area contributed by atoms with Gasteiger partial charge >= 0.3 is 7.75 Å². The highest BCUT2D eigenvalue weighted by Crippen LogP contribution is 2.36. The number of nitrogens with one attached hydrogen (secondary N) is 1. The Morgan fingerprint density at radius 3 is 3.00 bits per heavy atom. The van der Waals surface area contributed by atoms with Gasteiger partial charge < -0.3 is 10.6 Å². The number of primary amides is 1. The summed E-state index contributed by atoms with van der Waals surface area (Å²) in [7, 11) is -3.81. The Balaban J connectivity index is 2.15. The second kappa shape index (κ2) is 5.68. The highest BCUT2D eigenvalue weighted by Gasteiger charge is 2.17. The van der Waals surface area contributed by atoms with Gasteiger partial charge in [-0.15, -0.1) is 0 Å². The van der Waals surface area contributed by atoms with Gasteiger partial charge in [0.2, 0.25) is 5.78 Å².